The Labute approximate surface area is 251 Å². The van der Waals surface area contributed by atoms with Crippen molar-refractivity contribution in [3.8, 4) is 0 Å². The molecule has 0 bridgehead atoms. The molecule has 226 valence electrons. The molecule has 0 aliphatic carbocycles. The number of amides is 1. The van der Waals surface area contributed by atoms with Gasteiger partial charge in [-0.05, 0) is 62.6 Å². The molecule has 6 rings (SSSR count). The molecular formula is C32H39N7O4. The van der Waals surface area contributed by atoms with Crippen molar-refractivity contribution in [3.63, 3.8) is 0 Å². The van der Waals surface area contributed by atoms with Crippen molar-refractivity contribution >= 4 is 28.2 Å². The molecule has 0 saturated carbocycles. The molecule has 4 aromatic rings. The first-order valence-corrected chi connectivity index (χ1v) is 14.8. The van der Waals surface area contributed by atoms with Crippen LogP contribution in [0.3, 0.4) is 0 Å². The highest BCUT2D eigenvalue weighted by Gasteiger charge is 2.43. The highest BCUT2D eigenvalue weighted by Crippen LogP contribution is 2.39. The normalized spacial score (nSPS) is 18.1. The van der Waals surface area contributed by atoms with Crippen molar-refractivity contribution in [3.05, 3.63) is 75.9 Å². The number of likely N-dealkylation sites (N-methyl/N-ethyl adjacent to an activating group) is 1. The molecule has 1 amide bonds. The van der Waals surface area contributed by atoms with Gasteiger partial charge < -0.3 is 19.3 Å². The Morgan fingerprint density at radius 2 is 1.93 bits per heavy atom. The van der Waals surface area contributed by atoms with E-state index in [9.17, 15) is 9.59 Å². The number of aryl methyl sites for hydroxylation is 4. The molecule has 11 heteroatoms. The average molecular weight is 586 g/mol. The number of methoxy groups -OCH3 is 1. The minimum absolute atomic E-state index is 0.00236. The highest BCUT2D eigenvalue weighted by atomic mass is 16.5. The summed E-state index contributed by atoms with van der Waals surface area (Å²) in [6.07, 6.45) is 5.50. The lowest BCUT2D eigenvalue weighted by Gasteiger charge is -2.34. The maximum Gasteiger partial charge on any atom is 0.261 e. The smallest absolute Gasteiger partial charge is 0.261 e. The standard InChI is InChI=1S/C32H39N7O4/c1-32(2)29-27(36(3)31(32)41)16-21(18-33-29)11-13-39-28(9-7-22-10-12-34-37(22)4)35-26-17-23(6-8-25(26)30(39)40)38-14-15-43-24(19-38)20-42-5/h6,8,10,12,16-18,24H,7,9,11,13-15,19-20H2,1-5H3/t24-/m1/s1. The third-order valence-electron chi connectivity index (χ3n) is 8.74. The topological polar surface area (TPSA) is 108 Å². The summed E-state index contributed by atoms with van der Waals surface area (Å²) in [6, 6.07) is 9.92. The highest BCUT2D eigenvalue weighted by molar-refractivity contribution is 6.06. The van der Waals surface area contributed by atoms with Gasteiger partial charge in [-0.3, -0.25) is 23.8 Å². The van der Waals surface area contributed by atoms with Crippen LogP contribution in [0.2, 0.25) is 0 Å². The molecule has 0 unspecified atom stereocenters. The number of carbonyl (C=O) groups excluding carboxylic acids is 1. The van der Waals surface area contributed by atoms with Crippen LogP contribution in [-0.2, 0) is 52.5 Å². The van der Waals surface area contributed by atoms with Crippen molar-refractivity contribution in [1.82, 2.24) is 24.3 Å². The lowest BCUT2D eigenvalue weighted by atomic mass is 9.90. The molecule has 43 heavy (non-hydrogen) atoms. The van der Waals surface area contributed by atoms with Crippen molar-refractivity contribution in [2.75, 3.05) is 50.3 Å². The van der Waals surface area contributed by atoms with Crippen LogP contribution in [0, 0.1) is 0 Å². The summed E-state index contributed by atoms with van der Waals surface area (Å²) in [7, 11) is 5.39. The summed E-state index contributed by atoms with van der Waals surface area (Å²) in [4.78, 5) is 40.4. The minimum Gasteiger partial charge on any atom is -0.382 e. The first kappa shape index (κ1) is 29.0. The van der Waals surface area contributed by atoms with E-state index in [1.165, 1.54) is 0 Å². The number of morpholine rings is 1. The van der Waals surface area contributed by atoms with Crippen LogP contribution < -0.4 is 15.4 Å². The summed E-state index contributed by atoms with van der Waals surface area (Å²) >= 11 is 0. The van der Waals surface area contributed by atoms with Crippen molar-refractivity contribution in [2.45, 2.75) is 51.2 Å². The number of pyridine rings is 1. The molecule has 1 atom stereocenters. The third-order valence-corrected chi connectivity index (χ3v) is 8.74. The number of ether oxygens (including phenoxy) is 2. The van der Waals surface area contributed by atoms with Gasteiger partial charge in [0.25, 0.3) is 5.56 Å². The molecule has 0 N–H and O–H groups in total. The van der Waals surface area contributed by atoms with E-state index in [1.54, 1.807) is 29.8 Å². The van der Waals surface area contributed by atoms with Gasteiger partial charge in [0, 0.05) is 71.0 Å². The predicted molar refractivity (Wildman–Crippen MR) is 165 cm³/mol. The predicted octanol–water partition coefficient (Wildman–Crippen LogP) is 2.66. The maximum absolute atomic E-state index is 14.0. The molecule has 5 heterocycles. The van der Waals surface area contributed by atoms with E-state index in [2.05, 4.69) is 15.0 Å². The summed E-state index contributed by atoms with van der Waals surface area (Å²) in [6.45, 7) is 6.90. The van der Waals surface area contributed by atoms with Crippen LogP contribution in [0.15, 0.2) is 47.5 Å². The van der Waals surface area contributed by atoms with Crippen LogP contribution in [0.25, 0.3) is 10.9 Å². The Hall–Kier alpha value is -4.09. The summed E-state index contributed by atoms with van der Waals surface area (Å²) < 4.78 is 14.8. The van der Waals surface area contributed by atoms with Gasteiger partial charge in [-0.15, -0.1) is 0 Å². The van der Waals surface area contributed by atoms with Gasteiger partial charge in [0.05, 0.1) is 47.0 Å². The quantitative estimate of drug-likeness (QED) is 0.295. The van der Waals surface area contributed by atoms with E-state index in [-0.39, 0.29) is 17.6 Å². The van der Waals surface area contributed by atoms with Crippen LogP contribution in [0.5, 0.6) is 0 Å². The molecular weight excluding hydrogens is 546 g/mol. The van der Waals surface area contributed by atoms with Crippen LogP contribution in [0.1, 0.15) is 36.6 Å². The number of aromatic nitrogens is 5. The number of anilines is 2. The second-order valence-electron chi connectivity index (χ2n) is 12.0. The first-order valence-electron chi connectivity index (χ1n) is 14.8. The zero-order valence-electron chi connectivity index (χ0n) is 25.5. The largest absolute Gasteiger partial charge is 0.382 e. The van der Waals surface area contributed by atoms with Gasteiger partial charge in [-0.25, -0.2) is 4.98 Å². The second kappa shape index (κ2) is 11.5. The molecule has 11 nitrogen and oxygen atoms in total. The van der Waals surface area contributed by atoms with Gasteiger partial charge in [0.15, 0.2) is 0 Å². The molecule has 0 spiro atoms. The molecule has 1 fully saturated rings. The number of fused-ring (bicyclic) bond motifs is 2. The van der Waals surface area contributed by atoms with Gasteiger partial charge in [0.2, 0.25) is 5.91 Å². The number of hydrogen-bond donors (Lipinski definition) is 0. The van der Waals surface area contributed by atoms with E-state index < -0.39 is 5.41 Å². The lowest BCUT2D eigenvalue weighted by molar-refractivity contribution is -0.121. The van der Waals surface area contributed by atoms with Gasteiger partial charge in [-0.2, -0.15) is 5.10 Å². The van der Waals surface area contributed by atoms with Crippen molar-refractivity contribution in [1.29, 1.82) is 0 Å². The Morgan fingerprint density at radius 1 is 1.09 bits per heavy atom. The fourth-order valence-corrected chi connectivity index (χ4v) is 6.24. The summed E-state index contributed by atoms with van der Waals surface area (Å²) in [5.74, 6) is 0.767. The minimum atomic E-state index is -0.647. The summed E-state index contributed by atoms with van der Waals surface area (Å²) in [5.41, 5.74) is 4.66. The van der Waals surface area contributed by atoms with E-state index in [0.29, 0.717) is 49.9 Å². The van der Waals surface area contributed by atoms with Crippen LogP contribution in [0.4, 0.5) is 11.4 Å². The maximum atomic E-state index is 14.0. The SMILES string of the molecule is COC[C@H]1CN(c2ccc3c(=O)n(CCc4cnc5c(c4)N(C)C(=O)C5(C)C)c(CCc4ccnn4C)nc3c2)CCO1. The number of carbonyl (C=O) groups is 1. The molecule has 3 aromatic heterocycles. The van der Waals surface area contributed by atoms with Gasteiger partial charge in [-0.1, -0.05) is 0 Å². The van der Waals surface area contributed by atoms with Crippen molar-refractivity contribution in [2.24, 2.45) is 7.05 Å². The van der Waals surface area contributed by atoms with Crippen molar-refractivity contribution < 1.29 is 14.3 Å². The molecule has 1 aromatic carbocycles. The van der Waals surface area contributed by atoms with Crippen LogP contribution >= 0.6 is 0 Å². The van der Waals surface area contributed by atoms with E-state index in [0.717, 1.165) is 47.2 Å². The Bertz CT molecular complexity index is 1720. The zero-order valence-corrected chi connectivity index (χ0v) is 25.5. The van der Waals surface area contributed by atoms with E-state index in [1.807, 2.05) is 62.1 Å². The number of rotatable bonds is 9. The number of hydrogen-bond acceptors (Lipinski definition) is 8. The zero-order chi connectivity index (χ0) is 30.3. The average Bonchev–Trinajstić information content (AvgIpc) is 3.49. The van der Waals surface area contributed by atoms with Gasteiger partial charge >= 0.3 is 0 Å². The van der Waals surface area contributed by atoms with E-state index >= 15 is 0 Å². The number of nitrogens with zero attached hydrogens (tertiary/aromatic N) is 7. The first-order chi connectivity index (χ1) is 20.7. The molecule has 1 saturated heterocycles. The third kappa shape index (κ3) is 5.43. The van der Waals surface area contributed by atoms with E-state index in [4.69, 9.17) is 14.5 Å². The monoisotopic (exact) mass is 585 g/mol. The lowest BCUT2D eigenvalue weighted by Crippen LogP contribution is -2.44. The molecule has 2 aliphatic rings. The van der Waals surface area contributed by atoms with Crippen LogP contribution in [-0.4, -0.2) is 76.8 Å². The number of benzene rings is 1. The second-order valence-corrected chi connectivity index (χ2v) is 12.0. The Balaban J connectivity index is 1.32. The fraction of sp³-hybridized carbons (Fsp3) is 0.469. The Morgan fingerprint density at radius 3 is 2.70 bits per heavy atom. The Kier molecular flexibility index (Phi) is 7.78. The molecule has 0 radical (unpaired) electrons. The summed E-state index contributed by atoms with van der Waals surface area (Å²) in [5, 5.41) is 4.89. The van der Waals surface area contributed by atoms with Gasteiger partial charge in [0.1, 0.15) is 5.82 Å². The molecule has 2 aliphatic heterocycles. The fourth-order valence-electron chi connectivity index (χ4n) is 6.24.